The van der Waals surface area contributed by atoms with Crippen molar-refractivity contribution in [2.24, 2.45) is 20.5 Å². The molecule has 70 heavy (non-hydrogen) atoms. The van der Waals surface area contributed by atoms with Gasteiger partial charge in [-0.15, -0.1) is 20.5 Å². The summed E-state index contributed by atoms with van der Waals surface area (Å²) < 4.78 is 80.7. The topological polar surface area (TPSA) is 246 Å². The Bertz CT molecular complexity index is 3120. The van der Waals surface area contributed by atoms with Crippen molar-refractivity contribution in [3.63, 3.8) is 0 Å². The summed E-state index contributed by atoms with van der Waals surface area (Å²) >= 11 is 1.44. The van der Waals surface area contributed by atoms with Crippen LogP contribution in [0.2, 0.25) is 0 Å². The Morgan fingerprint density at radius 2 is 0.929 bits per heavy atom. The van der Waals surface area contributed by atoms with Crippen molar-refractivity contribution >= 4 is 111 Å². The number of azo groups is 2. The molecule has 0 saturated carbocycles. The first kappa shape index (κ1) is 50.9. The highest BCUT2D eigenvalue weighted by atomic mass is 32.2. The lowest BCUT2D eigenvalue weighted by atomic mass is 10.1. The minimum absolute atomic E-state index is 0.164. The maximum absolute atomic E-state index is 12.3. The lowest BCUT2D eigenvalue weighted by Crippen LogP contribution is -2.22. The summed E-state index contributed by atoms with van der Waals surface area (Å²) in [6, 6.07) is 26.1. The highest BCUT2D eigenvalue weighted by molar-refractivity contribution is 7.99. The van der Waals surface area contributed by atoms with Gasteiger partial charge in [-0.3, -0.25) is 9.11 Å². The van der Waals surface area contributed by atoms with Crippen LogP contribution < -0.4 is 29.9 Å². The molecule has 1 heterocycles. The summed E-state index contributed by atoms with van der Waals surface area (Å²) in [5, 5.41) is 27.1. The number of hydrogen-bond acceptors (Lipinski definition) is 18. The van der Waals surface area contributed by atoms with Crippen LogP contribution in [0.15, 0.2) is 132 Å². The lowest BCUT2D eigenvalue weighted by molar-refractivity contribution is 0.414. The van der Waals surface area contributed by atoms with Crippen molar-refractivity contribution in [1.29, 1.82) is 0 Å². The van der Waals surface area contributed by atoms with Crippen LogP contribution in [0.5, 0.6) is 11.5 Å². The van der Waals surface area contributed by atoms with Gasteiger partial charge in [-0.2, -0.15) is 31.8 Å². The monoisotopic (exact) mass is 1010 g/mol. The number of nitrogens with zero attached hydrogens (tertiary/aromatic N) is 9. The molecule has 0 bridgehead atoms. The Labute approximate surface area is 411 Å². The zero-order valence-electron chi connectivity index (χ0n) is 39.6. The smallest absolute Gasteiger partial charge is 0.295 e. The molecule has 0 fully saturated rings. The lowest BCUT2D eigenvalue weighted by Gasteiger charge is -2.25. The highest BCUT2D eigenvalue weighted by Crippen LogP contribution is 2.44. The van der Waals surface area contributed by atoms with Crippen molar-refractivity contribution in [3.05, 3.63) is 97.1 Å². The quantitative estimate of drug-likeness (QED) is 0.0297. The molecule has 0 atom stereocenters. The number of benzene rings is 6. The number of hydrogen-bond donors (Lipinski definition) is 4. The number of anilines is 6. The summed E-state index contributed by atoms with van der Waals surface area (Å²) in [4.78, 5) is 18.2. The fourth-order valence-corrected chi connectivity index (χ4v) is 9.83. The third kappa shape index (κ3) is 11.4. The molecular formula is C48H53N11O8S3. The zero-order valence-corrected chi connectivity index (χ0v) is 42.0. The van der Waals surface area contributed by atoms with Gasteiger partial charge >= 0.3 is 0 Å². The molecule has 366 valence electrons. The second-order valence-electron chi connectivity index (χ2n) is 15.4. The van der Waals surface area contributed by atoms with Gasteiger partial charge in [0.05, 0.1) is 48.3 Å². The van der Waals surface area contributed by atoms with Gasteiger partial charge in [-0.05, 0) is 70.5 Å². The van der Waals surface area contributed by atoms with E-state index in [1.165, 1.54) is 36.0 Å². The van der Waals surface area contributed by atoms with Crippen molar-refractivity contribution in [2.45, 2.75) is 56.0 Å². The molecule has 0 aliphatic heterocycles. The van der Waals surface area contributed by atoms with Gasteiger partial charge in [0.15, 0.2) is 5.16 Å². The normalized spacial score (nSPS) is 12.0. The summed E-state index contributed by atoms with van der Waals surface area (Å²) in [5.74, 6) is 2.09. The highest BCUT2D eigenvalue weighted by Gasteiger charge is 2.22. The van der Waals surface area contributed by atoms with Crippen molar-refractivity contribution in [3.8, 4) is 11.5 Å². The number of nitrogens with one attached hydrogen (secondary N) is 2. The molecule has 0 radical (unpaired) electrons. The van der Waals surface area contributed by atoms with Crippen LogP contribution >= 0.6 is 11.8 Å². The van der Waals surface area contributed by atoms with Crippen molar-refractivity contribution in [2.75, 3.05) is 66.6 Å². The number of methoxy groups -OCH3 is 2. The Kier molecular flexibility index (Phi) is 16.1. The van der Waals surface area contributed by atoms with E-state index < -0.39 is 20.2 Å². The number of ether oxygens (including phenoxy) is 2. The van der Waals surface area contributed by atoms with Crippen LogP contribution in [-0.2, 0) is 20.2 Å². The molecule has 0 saturated heterocycles. The van der Waals surface area contributed by atoms with Gasteiger partial charge in [0.1, 0.15) is 32.7 Å². The van der Waals surface area contributed by atoms with E-state index in [0.29, 0.717) is 93.5 Å². The number of fused-ring (bicyclic) bond motifs is 2. The van der Waals surface area contributed by atoms with Crippen LogP contribution in [0.4, 0.5) is 57.4 Å². The summed E-state index contributed by atoms with van der Waals surface area (Å²) in [6.07, 6.45) is 0.841. The third-order valence-corrected chi connectivity index (χ3v) is 14.0. The molecule has 0 spiro atoms. The Balaban J connectivity index is 1.35. The first-order chi connectivity index (χ1) is 33.6. The summed E-state index contributed by atoms with van der Waals surface area (Å²) in [5.41, 5.74) is 3.84. The largest absolute Gasteiger partial charge is 0.494 e. The van der Waals surface area contributed by atoms with Gasteiger partial charge in [0.2, 0.25) is 11.9 Å². The van der Waals surface area contributed by atoms with Gasteiger partial charge in [0.25, 0.3) is 20.2 Å². The van der Waals surface area contributed by atoms with E-state index in [9.17, 15) is 25.9 Å². The molecule has 7 aromatic rings. The van der Waals surface area contributed by atoms with E-state index in [1.54, 1.807) is 74.9 Å². The van der Waals surface area contributed by atoms with Crippen molar-refractivity contribution in [1.82, 2.24) is 15.0 Å². The van der Waals surface area contributed by atoms with Gasteiger partial charge in [0, 0.05) is 65.6 Å². The van der Waals surface area contributed by atoms with Crippen molar-refractivity contribution < 1.29 is 35.4 Å². The number of rotatable bonds is 21. The Morgan fingerprint density at radius 1 is 0.543 bits per heavy atom. The minimum atomic E-state index is -4.53. The van der Waals surface area contributed by atoms with E-state index in [-0.39, 0.29) is 32.5 Å². The average Bonchev–Trinajstić information content (AvgIpc) is 3.34. The predicted octanol–water partition coefficient (Wildman–Crippen LogP) is 12.2. The van der Waals surface area contributed by atoms with E-state index in [0.717, 1.165) is 17.8 Å². The fourth-order valence-electron chi connectivity index (χ4n) is 7.75. The van der Waals surface area contributed by atoms with E-state index in [4.69, 9.17) is 24.4 Å². The fraction of sp³-hybridized carbons (Fsp3) is 0.271. The second kappa shape index (κ2) is 22.2. The SMILES string of the molecule is CCCSc1nc(Nc2cc(N(CC)CC)c(OC)cc2N=Nc2ccc(S(=O)(=O)O)c3ccccc23)nc(Nc2cc(N(CC)CC)c(OC)cc2N=Nc2ccc(S(=O)(=O)O)c3ccccc23)n1. The van der Waals surface area contributed by atoms with E-state index in [2.05, 4.69) is 47.8 Å². The first-order valence-corrected chi connectivity index (χ1v) is 26.2. The molecule has 0 amide bonds. The van der Waals surface area contributed by atoms with Crippen LogP contribution in [-0.4, -0.2) is 87.0 Å². The molecule has 4 N–H and O–H groups in total. The maximum Gasteiger partial charge on any atom is 0.295 e. The van der Waals surface area contributed by atoms with Gasteiger partial charge in [-0.25, -0.2) is 0 Å². The number of thioether (sulfide) groups is 1. The van der Waals surface area contributed by atoms with Crippen LogP contribution in [0, 0.1) is 0 Å². The van der Waals surface area contributed by atoms with Crippen LogP contribution in [0.3, 0.4) is 0 Å². The summed E-state index contributed by atoms with van der Waals surface area (Å²) in [7, 11) is -5.92. The molecule has 1 aromatic heterocycles. The maximum atomic E-state index is 12.3. The average molecular weight is 1010 g/mol. The molecular weight excluding hydrogens is 955 g/mol. The van der Waals surface area contributed by atoms with Crippen LogP contribution in [0.1, 0.15) is 41.0 Å². The molecule has 0 unspecified atom stereocenters. The van der Waals surface area contributed by atoms with E-state index in [1.807, 2.05) is 39.8 Å². The third-order valence-electron chi connectivity index (χ3n) is 11.2. The van der Waals surface area contributed by atoms with Crippen LogP contribution in [0.25, 0.3) is 21.5 Å². The molecule has 19 nitrogen and oxygen atoms in total. The zero-order chi connectivity index (χ0) is 50.2. The van der Waals surface area contributed by atoms with Gasteiger partial charge < -0.3 is 29.9 Å². The molecule has 0 aliphatic rings. The molecule has 0 aliphatic carbocycles. The predicted molar refractivity (Wildman–Crippen MR) is 276 cm³/mol. The van der Waals surface area contributed by atoms with E-state index >= 15 is 0 Å². The second-order valence-corrected chi connectivity index (χ2v) is 19.2. The Hall–Kier alpha value is -6.98. The molecule has 22 heteroatoms. The minimum Gasteiger partial charge on any atom is -0.494 e. The number of aromatic nitrogens is 3. The summed E-state index contributed by atoms with van der Waals surface area (Å²) in [6.45, 7) is 12.9. The van der Waals surface area contributed by atoms with Gasteiger partial charge in [-0.1, -0.05) is 67.2 Å². The molecule has 6 aromatic carbocycles. The Morgan fingerprint density at radius 3 is 1.29 bits per heavy atom. The first-order valence-electron chi connectivity index (χ1n) is 22.3. The standard InChI is InChI=1S/C48H53N11O8S3/c1-8-25-68-48-52-46(49-36-26-40(58(9-2)10-3)42(66-6)28-38(36)56-54-34-21-23-44(69(60,61)62)32-19-15-13-17-30(32)34)51-47(53-48)50-37-27-41(59(11-4)12-5)43(67-7)29-39(37)57-55-35-22-24-45(70(63,64)65)33-20-16-14-18-31(33)35/h13-24,26-29H,8-12,25H2,1-7H3,(H,60,61,62)(H,63,64,65)(H2,49,50,51,52,53). The molecule has 7 rings (SSSR count).